The van der Waals surface area contributed by atoms with Gasteiger partial charge in [-0.15, -0.1) is 0 Å². The Hall–Kier alpha value is -1.23. The number of benzene rings is 1. The van der Waals surface area contributed by atoms with E-state index < -0.39 is 21.3 Å². The molecular weight excluding hydrogens is 442 g/mol. The van der Waals surface area contributed by atoms with Crippen molar-refractivity contribution < 1.29 is 17.8 Å². The van der Waals surface area contributed by atoms with Crippen molar-refractivity contribution in [3.8, 4) is 0 Å². The molecule has 1 atom stereocenters. The molecule has 0 spiro atoms. The molecule has 0 unspecified atom stereocenters. The standard InChI is InChI=1S/C12H11Br2N3O4S/c1-6-8(13)2-7(3-9(6)14)17-12(18)11(22(19,20)21)10-4-15-5-16-10/h2-5,11H,1H3,(H,15,16)(H,17,18)(H,19,20,21)/t11-/m1/s1. The Kier molecular flexibility index (Phi) is 5.05. The summed E-state index contributed by atoms with van der Waals surface area (Å²) in [6, 6.07) is 3.26. The smallest absolute Gasteiger partial charge is 0.282 e. The Bertz CT molecular complexity index is 783. The highest BCUT2D eigenvalue weighted by molar-refractivity contribution is 9.11. The third kappa shape index (κ3) is 3.75. The maximum absolute atomic E-state index is 12.2. The molecule has 7 nitrogen and oxygen atoms in total. The van der Waals surface area contributed by atoms with E-state index in [-0.39, 0.29) is 5.69 Å². The number of aromatic nitrogens is 2. The summed E-state index contributed by atoms with van der Waals surface area (Å²) in [4.78, 5) is 18.4. The topological polar surface area (TPSA) is 112 Å². The van der Waals surface area contributed by atoms with Gasteiger partial charge in [-0.1, -0.05) is 31.9 Å². The average Bonchev–Trinajstić information content (AvgIpc) is 2.87. The van der Waals surface area contributed by atoms with Crippen LogP contribution < -0.4 is 5.32 Å². The van der Waals surface area contributed by atoms with E-state index in [1.54, 1.807) is 12.1 Å². The molecule has 0 fully saturated rings. The minimum atomic E-state index is -4.64. The van der Waals surface area contributed by atoms with E-state index in [4.69, 9.17) is 0 Å². The van der Waals surface area contributed by atoms with Crippen LogP contribution >= 0.6 is 31.9 Å². The summed E-state index contributed by atoms with van der Waals surface area (Å²) in [7, 11) is -4.64. The van der Waals surface area contributed by atoms with Crippen LogP contribution in [0.15, 0.2) is 33.6 Å². The Labute approximate surface area is 143 Å². The van der Waals surface area contributed by atoms with Crippen LogP contribution in [0.1, 0.15) is 16.5 Å². The predicted molar refractivity (Wildman–Crippen MR) is 88.1 cm³/mol. The molecule has 1 aromatic heterocycles. The fourth-order valence-electron chi connectivity index (χ4n) is 1.77. The monoisotopic (exact) mass is 451 g/mol. The Balaban J connectivity index is 2.34. The van der Waals surface area contributed by atoms with E-state index in [0.717, 1.165) is 14.5 Å². The summed E-state index contributed by atoms with van der Waals surface area (Å²) in [5.41, 5.74) is 1.28. The van der Waals surface area contributed by atoms with E-state index in [1.165, 1.54) is 12.5 Å². The summed E-state index contributed by atoms with van der Waals surface area (Å²) in [5.74, 6) is -0.894. The number of hydrogen-bond donors (Lipinski definition) is 3. The van der Waals surface area contributed by atoms with E-state index >= 15 is 0 Å². The molecule has 0 saturated heterocycles. The van der Waals surface area contributed by atoms with Gasteiger partial charge in [0.1, 0.15) is 0 Å². The molecule has 0 aliphatic heterocycles. The lowest BCUT2D eigenvalue weighted by molar-refractivity contribution is -0.116. The van der Waals surface area contributed by atoms with Crippen molar-refractivity contribution >= 4 is 53.6 Å². The molecule has 2 aromatic rings. The highest BCUT2D eigenvalue weighted by Crippen LogP contribution is 2.30. The zero-order valence-electron chi connectivity index (χ0n) is 11.2. The van der Waals surface area contributed by atoms with E-state index in [9.17, 15) is 17.8 Å². The molecule has 22 heavy (non-hydrogen) atoms. The van der Waals surface area contributed by atoms with Gasteiger partial charge in [0.05, 0.1) is 12.0 Å². The van der Waals surface area contributed by atoms with Crippen molar-refractivity contribution in [2.75, 3.05) is 5.32 Å². The van der Waals surface area contributed by atoms with Gasteiger partial charge in [-0.3, -0.25) is 9.35 Å². The van der Waals surface area contributed by atoms with Gasteiger partial charge in [0.15, 0.2) is 0 Å². The van der Waals surface area contributed by atoms with Gasteiger partial charge >= 0.3 is 0 Å². The van der Waals surface area contributed by atoms with Gasteiger partial charge in [-0.05, 0) is 24.6 Å². The first-order chi connectivity index (χ1) is 10.2. The molecule has 10 heteroatoms. The quantitative estimate of drug-likeness (QED) is 0.617. The zero-order valence-corrected chi connectivity index (χ0v) is 15.2. The van der Waals surface area contributed by atoms with Crippen molar-refractivity contribution in [2.45, 2.75) is 12.2 Å². The van der Waals surface area contributed by atoms with Crippen LogP contribution in [0.25, 0.3) is 0 Å². The third-order valence-electron chi connectivity index (χ3n) is 2.89. The van der Waals surface area contributed by atoms with Crippen molar-refractivity contribution in [2.24, 2.45) is 0 Å². The van der Waals surface area contributed by atoms with Crippen LogP contribution in [0.4, 0.5) is 5.69 Å². The van der Waals surface area contributed by atoms with Gasteiger partial charge in [-0.25, -0.2) is 4.98 Å². The normalized spacial score (nSPS) is 12.9. The number of nitrogens with zero attached hydrogens (tertiary/aromatic N) is 1. The molecule has 1 heterocycles. The third-order valence-corrected chi connectivity index (χ3v) is 5.60. The van der Waals surface area contributed by atoms with E-state index in [1.807, 2.05) is 6.92 Å². The zero-order chi connectivity index (χ0) is 16.5. The van der Waals surface area contributed by atoms with E-state index in [0.29, 0.717) is 5.69 Å². The first-order valence-corrected chi connectivity index (χ1v) is 9.00. The van der Waals surface area contributed by atoms with Gasteiger partial charge in [0.2, 0.25) is 5.25 Å². The molecule has 2 rings (SSSR count). The maximum atomic E-state index is 12.2. The number of aromatic amines is 1. The van der Waals surface area contributed by atoms with Gasteiger partial charge in [0.25, 0.3) is 16.0 Å². The highest BCUT2D eigenvalue weighted by Gasteiger charge is 2.34. The molecule has 0 aliphatic carbocycles. The summed E-state index contributed by atoms with van der Waals surface area (Å²) >= 11 is 6.67. The molecule has 0 saturated carbocycles. The first kappa shape index (κ1) is 17.1. The SMILES string of the molecule is Cc1c(Br)cc(NC(=O)[C@@H](c2cnc[nH]2)S(=O)(=O)O)cc1Br. The Morgan fingerprint density at radius 1 is 1.36 bits per heavy atom. The number of H-pyrrole nitrogens is 1. The van der Waals surface area contributed by atoms with Gasteiger partial charge < -0.3 is 10.3 Å². The minimum Gasteiger partial charge on any atom is -0.347 e. The van der Waals surface area contributed by atoms with Crippen molar-refractivity contribution in [1.82, 2.24) is 9.97 Å². The fourth-order valence-corrected chi connectivity index (χ4v) is 3.74. The van der Waals surface area contributed by atoms with E-state index in [2.05, 4.69) is 47.1 Å². The number of halogens is 2. The van der Waals surface area contributed by atoms with Crippen molar-refractivity contribution in [3.05, 3.63) is 44.9 Å². The van der Waals surface area contributed by atoms with Gasteiger partial charge in [-0.2, -0.15) is 8.42 Å². The number of anilines is 1. The fraction of sp³-hybridized carbons (Fsp3) is 0.167. The van der Waals surface area contributed by atoms with Gasteiger partial charge in [0, 0.05) is 20.8 Å². The average molecular weight is 453 g/mol. The highest BCUT2D eigenvalue weighted by atomic mass is 79.9. The Morgan fingerprint density at radius 3 is 2.41 bits per heavy atom. The largest absolute Gasteiger partial charge is 0.347 e. The summed E-state index contributed by atoms with van der Waals surface area (Å²) < 4.78 is 33.7. The summed E-state index contributed by atoms with van der Waals surface area (Å²) in [6.07, 6.45) is 2.39. The molecule has 118 valence electrons. The lowest BCUT2D eigenvalue weighted by Crippen LogP contribution is -2.28. The van der Waals surface area contributed by atoms with Crippen molar-refractivity contribution in [1.29, 1.82) is 0 Å². The lowest BCUT2D eigenvalue weighted by atomic mass is 10.2. The van der Waals surface area contributed by atoms with Crippen molar-refractivity contribution in [3.63, 3.8) is 0 Å². The second-order valence-corrected chi connectivity index (χ2v) is 7.67. The van der Waals surface area contributed by atoms with Crippen LogP contribution in [-0.2, 0) is 14.9 Å². The minimum absolute atomic E-state index is 0.0229. The Morgan fingerprint density at radius 2 is 1.95 bits per heavy atom. The molecule has 1 amide bonds. The molecule has 1 aromatic carbocycles. The summed E-state index contributed by atoms with van der Waals surface area (Å²) in [5, 5.41) is 0.676. The van der Waals surface area contributed by atoms with Crippen LogP contribution in [0.3, 0.4) is 0 Å². The number of nitrogens with one attached hydrogen (secondary N) is 2. The lowest BCUT2D eigenvalue weighted by Gasteiger charge is -2.14. The number of carbonyl (C=O) groups excluding carboxylic acids is 1. The van der Waals surface area contributed by atoms with Crippen LogP contribution in [-0.4, -0.2) is 28.8 Å². The second kappa shape index (κ2) is 6.49. The number of imidazole rings is 1. The number of hydrogen-bond acceptors (Lipinski definition) is 4. The summed E-state index contributed by atoms with van der Waals surface area (Å²) in [6.45, 7) is 1.87. The number of carbonyl (C=O) groups is 1. The molecular formula is C12H11Br2N3O4S. The number of amides is 1. The first-order valence-electron chi connectivity index (χ1n) is 5.91. The van der Waals surface area contributed by atoms with Crippen LogP contribution in [0.5, 0.6) is 0 Å². The van der Waals surface area contributed by atoms with Crippen LogP contribution in [0, 0.1) is 6.92 Å². The molecule has 3 N–H and O–H groups in total. The van der Waals surface area contributed by atoms with Crippen LogP contribution in [0.2, 0.25) is 0 Å². The molecule has 0 bridgehead atoms. The second-order valence-electron chi connectivity index (χ2n) is 4.46. The molecule has 0 radical (unpaired) electrons. The molecule has 0 aliphatic rings. The maximum Gasteiger partial charge on any atom is 0.282 e. The predicted octanol–water partition coefficient (Wildman–Crippen LogP) is 2.81. The number of rotatable bonds is 4.